The average molecular weight is 763 g/mol. The molecule has 2 aromatic carbocycles. The number of hydrogen-bond donors (Lipinski definition) is 4. The Morgan fingerprint density at radius 1 is 0.911 bits per heavy atom. The second-order valence-electron chi connectivity index (χ2n) is 16.2. The third kappa shape index (κ3) is 7.54. The van der Waals surface area contributed by atoms with E-state index in [1.807, 2.05) is 62.9 Å². The van der Waals surface area contributed by atoms with Gasteiger partial charge in [-0.05, 0) is 77.8 Å². The Bertz CT molecular complexity index is 2220. The van der Waals surface area contributed by atoms with Gasteiger partial charge in [0.2, 0.25) is 11.8 Å². The second kappa shape index (κ2) is 15.4. The molecule has 2 saturated heterocycles. The van der Waals surface area contributed by atoms with Gasteiger partial charge in [0.1, 0.15) is 29.4 Å². The Hall–Kier alpha value is -5.84. The maximum Gasteiger partial charge on any atom is 0.407 e. The number of amides is 4. The number of hydrogen-bond acceptors (Lipinski definition) is 7. The van der Waals surface area contributed by atoms with Crippen molar-refractivity contribution in [1.82, 2.24) is 40.0 Å². The molecule has 0 unspecified atom stereocenters. The van der Waals surface area contributed by atoms with Crippen LogP contribution < -0.4 is 5.32 Å². The van der Waals surface area contributed by atoms with Crippen LogP contribution in [0.1, 0.15) is 88.9 Å². The van der Waals surface area contributed by atoms with Gasteiger partial charge in [-0.15, -0.1) is 0 Å². The molecule has 3 aliphatic rings. The number of H-pyrrole nitrogens is 2. The van der Waals surface area contributed by atoms with Crippen molar-refractivity contribution in [3.63, 3.8) is 0 Å². The van der Waals surface area contributed by atoms with Gasteiger partial charge in [0.05, 0.1) is 37.3 Å². The quantitative estimate of drug-likeness (QED) is 0.152. The number of nitrogens with zero attached hydrogens (tertiary/aromatic N) is 5. The third-order valence-electron chi connectivity index (χ3n) is 11.5. The summed E-state index contributed by atoms with van der Waals surface area (Å²) in [6, 6.07) is 10.4. The number of methoxy groups -OCH3 is 1. The summed E-state index contributed by atoms with van der Waals surface area (Å²) in [6.45, 7) is 10.2. The fourth-order valence-corrected chi connectivity index (χ4v) is 8.47. The average Bonchev–Trinajstić information content (AvgIpc) is 3.64. The first kappa shape index (κ1) is 38.4. The molecular weight excluding hydrogens is 713 g/mol. The van der Waals surface area contributed by atoms with Crippen LogP contribution in [0.2, 0.25) is 0 Å². The van der Waals surface area contributed by atoms with Crippen molar-refractivity contribution < 1.29 is 29.0 Å². The predicted molar refractivity (Wildman–Crippen MR) is 209 cm³/mol. The summed E-state index contributed by atoms with van der Waals surface area (Å²) < 4.78 is 4.77. The van der Waals surface area contributed by atoms with E-state index in [4.69, 9.17) is 9.72 Å². The number of nitrogens with one attached hydrogen (secondary N) is 3. The smallest absolute Gasteiger partial charge is 0.407 e. The summed E-state index contributed by atoms with van der Waals surface area (Å²) in [6.07, 6.45) is 4.24. The standard InChI is InChI=1S/C42H50N8O6/c1-22(2)35(47-41(53)56-7)39(51)50-32-17-29(32)18-34(50)38-43-19-30(45-38)13-9-25-8-10-27-16-28(12-11-26(27)15-25)31-20-44-37(46-31)33-14-24(5)21-49(33)40(52)36(23(3)4)48(6)42(54)55/h8,10-12,15-16,19-20,22-24,29,32-36H,14,17-18,21H2,1-7H3,(H,43,45)(H,44,46)(H,47,53)(H,54,55)/t24-,29+,32+,33-,34-,35-,36-/m0/s1. The predicted octanol–water partition coefficient (Wildman–Crippen LogP) is 5.94. The van der Waals surface area contributed by atoms with Crippen LogP contribution in [0.4, 0.5) is 9.59 Å². The first-order valence-electron chi connectivity index (χ1n) is 19.3. The Morgan fingerprint density at radius 3 is 2.34 bits per heavy atom. The van der Waals surface area contributed by atoms with Crippen molar-refractivity contribution in [2.45, 2.75) is 84.1 Å². The van der Waals surface area contributed by atoms with E-state index in [1.54, 1.807) is 17.3 Å². The van der Waals surface area contributed by atoms with Crippen molar-refractivity contribution in [3.8, 4) is 23.1 Å². The van der Waals surface area contributed by atoms with Crippen molar-refractivity contribution >= 4 is 34.8 Å². The maximum atomic E-state index is 13.8. The van der Waals surface area contributed by atoms with E-state index in [0.717, 1.165) is 51.8 Å². The fraction of sp³-hybridized carbons (Fsp3) is 0.476. The molecule has 2 aromatic heterocycles. The fourth-order valence-electron chi connectivity index (χ4n) is 8.47. The zero-order valence-electron chi connectivity index (χ0n) is 32.9. The van der Waals surface area contributed by atoms with Gasteiger partial charge in [0, 0.05) is 30.8 Å². The number of aromatic amines is 2. The molecule has 2 aliphatic heterocycles. The topological polar surface area (TPSA) is 177 Å². The molecule has 7 rings (SSSR count). The van der Waals surface area contributed by atoms with E-state index in [0.29, 0.717) is 29.8 Å². The summed E-state index contributed by atoms with van der Waals surface area (Å²) in [5.74, 6) is 7.87. The SMILES string of the molecule is COC(=O)N[C@H](C(=O)N1[C@@H]2C[C@@H]2C[C@H]1c1ncc(C#Cc2ccc3cc(-c4cnc([C@@H]5C[C@H](C)CN5C(=O)[C@H](C(C)C)N(C)C(=O)O)[nH]4)ccc3c2)[nH]1)C(C)C. The maximum absolute atomic E-state index is 13.8. The molecule has 56 heavy (non-hydrogen) atoms. The van der Waals surface area contributed by atoms with Gasteiger partial charge in [-0.25, -0.2) is 19.6 Å². The van der Waals surface area contributed by atoms with Gasteiger partial charge in [0.15, 0.2) is 0 Å². The summed E-state index contributed by atoms with van der Waals surface area (Å²) in [7, 11) is 2.74. The van der Waals surface area contributed by atoms with Gasteiger partial charge >= 0.3 is 12.2 Å². The molecule has 4 amide bonds. The van der Waals surface area contributed by atoms with Crippen molar-refractivity contribution in [3.05, 3.63) is 71.7 Å². The van der Waals surface area contributed by atoms with E-state index < -0.39 is 24.3 Å². The van der Waals surface area contributed by atoms with E-state index in [1.165, 1.54) is 14.2 Å². The molecule has 0 spiro atoms. The molecule has 4 aromatic rings. The van der Waals surface area contributed by atoms with E-state index in [9.17, 15) is 24.3 Å². The molecule has 14 nitrogen and oxygen atoms in total. The number of benzene rings is 2. The minimum Gasteiger partial charge on any atom is -0.465 e. The number of piperidine rings is 1. The monoisotopic (exact) mass is 762 g/mol. The molecule has 0 radical (unpaired) electrons. The summed E-state index contributed by atoms with van der Waals surface area (Å²) >= 11 is 0. The number of ether oxygens (including phenoxy) is 1. The van der Waals surface area contributed by atoms with Gasteiger partial charge in [-0.1, -0.05) is 58.7 Å². The zero-order valence-corrected chi connectivity index (χ0v) is 32.9. The van der Waals surface area contributed by atoms with Crippen molar-refractivity contribution in [2.75, 3.05) is 20.7 Å². The molecule has 4 N–H and O–H groups in total. The molecule has 7 atom stereocenters. The van der Waals surface area contributed by atoms with Gasteiger partial charge < -0.3 is 34.9 Å². The Morgan fingerprint density at radius 2 is 1.62 bits per heavy atom. The van der Waals surface area contributed by atoms with Gasteiger partial charge in [-0.3, -0.25) is 14.5 Å². The first-order valence-corrected chi connectivity index (χ1v) is 19.3. The van der Waals surface area contributed by atoms with E-state index in [2.05, 4.69) is 45.1 Å². The lowest BCUT2D eigenvalue weighted by Gasteiger charge is -2.33. The third-order valence-corrected chi connectivity index (χ3v) is 11.5. The van der Waals surface area contributed by atoms with Crippen LogP contribution in [0.15, 0.2) is 48.8 Å². The van der Waals surface area contributed by atoms with Gasteiger partial charge in [-0.2, -0.15) is 0 Å². The second-order valence-corrected chi connectivity index (χ2v) is 16.2. The number of alkyl carbamates (subject to hydrolysis) is 1. The minimum absolute atomic E-state index is 0.111. The number of likely N-dealkylation sites (N-methyl/N-ethyl adjacent to an activating group) is 1. The van der Waals surface area contributed by atoms with Crippen LogP contribution in [0.25, 0.3) is 22.0 Å². The van der Waals surface area contributed by atoms with E-state index >= 15 is 0 Å². The number of imidazole rings is 2. The van der Waals surface area contributed by atoms with E-state index in [-0.39, 0.29) is 47.7 Å². The van der Waals surface area contributed by atoms with Crippen LogP contribution in [-0.4, -0.2) is 103 Å². The van der Waals surface area contributed by atoms with Crippen molar-refractivity contribution in [2.24, 2.45) is 23.7 Å². The lowest BCUT2D eigenvalue weighted by molar-refractivity contribution is -0.139. The Labute approximate surface area is 326 Å². The Balaban J connectivity index is 1.04. The lowest BCUT2D eigenvalue weighted by Crippen LogP contribution is -2.52. The lowest BCUT2D eigenvalue weighted by atomic mass is 10.0. The summed E-state index contributed by atoms with van der Waals surface area (Å²) in [5.41, 5.74) is 3.27. The zero-order chi connectivity index (χ0) is 40.0. The summed E-state index contributed by atoms with van der Waals surface area (Å²) in [5, 5.41) is 14.4. The molecule has 3 fully saturated rings. The first-order chi connectivity index (χ1) is 26.7. The molecule has 0 bridgehead atoms. The molecular formula is C42H50N8O6. The molecule has 4 heterocycles. The highest BCUT2D eigenvalue weighted by molar-refractivity contribution is 5.89. The molecule has 294 valence electrons. The number of fused-ring (bicyclic) bond motifs is 2. The highest BCUT2D eigenvalue weighted by Crippen LogP contribution is 2.53. The van der Waals surface area contributed by atoms with Crippen LogP contribution in [0.3, 0.4) is 0 Å². The van der Waals surface area contributed by atoms with Crippen LogP contribution in [-0.2, 0) is 14.3 Å². The summed E-state index contributed by atoms with van der Waals surface area (Å²) in [4.78, 5) is 72.2. The number of likely N-dealkylation sites (tertiary alicyclic amines) is 2. The minimum atomic E-state index is -1.13. The number of carbonyl (C=O) groups is 4. The van der Waals surface area contributed by atoms with Crippen LogP contribution in [0.5, 0.6) is 0 Å². The number of aromatic nitrogens is 4. The molecule has 14 heteroatoms. The highest BCUT2D eigenvalue weighted by atomic mass is 16.5. The van der Waals surface area contributed by atoms with Gasteiger partial charge in [0.25, 0.3) is 0 Å². The Kier molecular flexibility index (Phi) is 10.5. The molecule has 1 aliphatic carbocycles. The van der Waals surface area contributed by atoms with Crippen molar-refractivity contribution in [1.29, 1.82) is 0 Å². The number of rotatable bonds is 9. The van der Waals surface area contributed by atoms with Crippen LogP contribution >= 0.6 is 0 Å². The highest BCUT2D eigenvalue weighted by Gasteiger charge is 2.56. The normalized spacial score (nSPS) is 22.4. The van der Waals surface area contributed by atoms with Crippen LogP contribution in [0, 0.1) is 35.5 Å². The number of carboxylic acid groups (broad SMARTS) is 1. The largest absolute Gasteiger partial charge is 0.465 e. The number of carbonyl (C=O) groups excluding carboxylic acids is 3. The molecule has 1 saturated carbocycles.